The summed E-state index contributed by atoms with van der Waals surface area (Å²) in [5, 5.41) is 22.1. The van der Waals surface area contributed by atoms with Crippen LogP contribution < -0.4 is 0 Å². The lowest BCUT2D eigenvalue weighted by Gasteiger charge is -2.21. The van der Waals surface area contributed by atoms with Crippen LogP contribution in [0.1, 0.15) is 29.7 Å². The van der Waals surface area contributed by atoms with Crippen molar-refractivity contribution in [1.82, 2.24) is 0 Å². The maximum Gasteiger partial charge on any atom is 0.105 e. The molecule has 2 heteroatoms. The molecule has 0 aromatic heterocycles. The highest BCUT2D eigenvalue weighted by Gasteiger charge is 2.20. The minimum absolute atomic E-state index is 0.763. The first kappa shape index (κ1) is 11.5. The van der Waals surface area contributed by atoms with Gasteiger partial charge in [-0.05, 0) is 40.8 Å². The van der Waals surface area contributed by atoms with Crippen molar-refractivity contribution in [2.75, 3.05) is 0 Å². The summed E-state index contributed by atoms with van der Waals surface area (Å²) in [5.41, 5.74) is 3.13. The van der Waals surface area contributed by atoms with Gasteiger partial charge in [0, 0.05) is 0 Å². The second kappa shape index (κ2) is 4.23. The molecule has 1 aliphatic rings. The molecule has 2 nitrogen and oxygen atoms in total. The van der Waals surface area contributed by atoms with E-state index < -0.39 is 12.2 Å². The summed E-state index contributed by atoms with van der Waals surface area (Å²) in [4.78, 5) is 0. The molecule has 3 rings (SSSR count). The monoisotopic (exact) mass is 240 g/mol. The highest BCUT2D eigenvalue weighted by Crippen LogP contribution is 2.34. The third-order valence-electron chi connectivity index (χ3n) is 3.60. The summed E-state index contributed by atoms with van der Waals surface area (Å²) < 4.78 is 0. The number of rotatable bonds is 2. The van der Waals surface area contributed by atoms with Crippen molar-refractivity contribution in [3.8, 4) is 0 Å². The Morgan fingerprint density at radius 3 is 2.72 bits per heavy atom. The Hall–Kier alpha value is -1.64. The van der Waals surface area contributed by atoms with E-state index in [1.54, 1.807) is 6.92 Å². The molecule has 2 unspecified atom stereocenters. The van der Waals surface area contributed by atoms with Gasteiger partial charge in [0.25, 0.3) is 0 Å². The standard InChI is InChI=1S/C16H16O2/c1-10(17)16(18)14-9-8-12-5-2-4-11-6-3-7-13(14)15(11)12/h2-5,7-10,16-18H,6H2,1H3. The van der Waals surface area contributed by atoms with Gasteiger partial charge < -0.3 is 10.2 Å². The molecule has 1 aliphatic carbocycles. The van der Waals surface area contributed by atoms with Crippen LogP contribution in [0.5, 0.6) is 0 Å². The zero-order valence-corrected chi connectivity index (χ0v) is 10.3. The van der Waals surface area contributed by atoms with Crippen molar-refractivity contribution in [1.29, 1.82) is 0 Å². The minimum Gasteiger partial charge on any atom is -0.390 e. The van der Waals surface area contributed by atoms with Crippen LogP contribution >= 0.6 is 0 Å². The molecule has 0 saturated carbocycles. The predicted molar refractivity (Wildman–Crippen MR) is 73.3 cm³/mol. The molecule has 2 N–H and O–H groups in total. The molecule has 0 bridgehead atoms. The Kier molecular flexibility index (Phi) is 2.69. The summed E-state index contributed by atoms with van der Waals surface area (Å²) in [6.45, 7) is 1.61. The zero-order chi connectivity index (χ0) is 12.7. The van der Waals surface area contributed by atoms with Gasteiger partial charge in [0.1, 0.15) is 6.10 Å². The van der Waals surface area contributed by atoms with Gasteiger partial charge in [0.05, 0.1) is 6.10 Å². The van der Waals surface area contributed by atoms with Crippen molar-refractivity contribution in [3.05, 3.63) is 53.1 Å². The van der Waals surface area contributed by atoms with Crippen LogP contribution in [0.25, 0.3) is 16.8 Å². The summed E-state index contributed by atoms with van der Waals surface area (Å²) in [7, 11) is 0. The lowest BCUT2D eigenvalue weighted by Crippen LogP contribution is -2.15. The number of aliphatic hydroxyl groups is 2. The molecule has 0 spiro atoms. The van der Waals surface area contributed by atoms with Gasteiger partial charge in [-0.3, -0.25) is 0 Å². The third-order valence-corrected chi connectivity index (χ3v) is 3.60. The number of aliphatic hydroxyl groups excluding tert-OH is 2. The van der Waals surface area contributed by atoms with Gasteiger partial charge in [-0.25, -0.2) is 0 Å². The van der Waals surface area contributed by atoms with Crippen LogP contribution in [0.15, 0.2) is 36.4 Å². The van der Waals surface area contributed by atoms with Gasteiger partial charge in [-0.1, -0.05) is 42.5 Å². The van der Waals surface area contributed by atoms with Crippen molar-refractivity contribution in [2.45, 2.75) is 25.6 Å². The molecule has 0 amide bonds. The van der Waals surface area contributed by atoms with E-state index >= 15 is 0 Å². The molecule has 18 heavy (non-hydrogen) atoms. The summed E-state index contributed by atoms with van der Waals surface area (Å²) in [6.07, 6.45) is 3.49. The van der Waals surface area contributed by atoms with E-state index in [-0.39, 0.29) is 0 Å². The van der Waals surface area contributed by atoms with Crippen LogP contribution in [0.4, 0.5) is 0 Å². The predicted octanol–water partition coefficient (Wildman–Crippen LogP) is 2.82. The second-order valence-corrected chi connectivity index (χ2v) is 4.88. The van der Waals surface area contributed by atoms with Crippen LogP contribution in [-0.2, 0) is 6.42 Å². The largest absolute Gasteiger partial charge is 0.390 e. The quantitative estimate of drug-likeness (QED) is 0.847. The number of hydrogen-bond donors (Lipinski definition) is 2. The van der Waals surface area contributed by atoms with E-state index in [0.717, 1.165) is 17.5 Å². The topological polar surface area (TPSA) is 40.5 Å². The molecule has 92 valence electrons. The van der Waals surface area contributed by atoms with Gasteiger partial charge in [0.15, 0.2) is 0 Å². The summed E-state index contributed by atoms with van der Waals surface area (Å²) >= 11 is 0. The van der Waals surface area contributed by atoms with E-state index in [4.69, 9.17) is 0 Å². The smallest absolute Gasteiger partial charge is 0.105 e. The Bertz CT molecular complexity index is 626. The lowest BCUT2D eigenvalue weighted by atomic mass is 9.87. The maximum atomic E-state index is 10.1. The highest BCUT2D eigenvalue weighted by atomic mass is 16.3. The fraction of sp³-hybridized carbons (Fsp3) is 0.250. The van der Waals surface area contributed by atoms with Crippen molar-refractivity contribution >= 4 is 16.8 Å². The van der Waals surface area contributed by atoms with Gasteiger partial charge >= 0.3 is 0 Å². The highest BCUT2D eigenvalue weighted by molar-refractivity contribution is 5.96. The molecule has 2 aromatic carbocycles. The van der Waals surface area contributed by atoms with E-state index in [1.807, 2.05) is 12.1 Å². The Labute approximate surface area is 106 Å². The van der Waals surface area contributed by atoms with Crippen LogP contribution in [-0.4, -0.2) is 16.3 Å². The van der Waals surface area contributed by atoms with E-state index in [0.29, 0.717) is 0 Å². The SMILES string of the molecule is CC(O)C(O)c1ccc2cccc3c2c1C=CC3. The summed E-state index contributed by atoms with van der Waals surface area (Å²) in [6, 6.07) is 10.2. The fourth-order valence-corrected chi connectivity index (χ4v) is 2.67. The Morgan fingerprint density at radius 2 is 1.94 bits per heavy atom. The molecule has 0 saturated heterocycles. The third kappa shape index (κ3) is 1.65. The van der Waals surface area contributed by atoms with E-state index in [2.05, 4.69) is 30.4 Å². The number of allylic oxidation sites excluding steroid dienone is 1. The average Bonchev–Trinajstić information content (AvgIpc) is 2.39. The first-order valence-electron chi connectivity index (χ1n) is 6.25. The zero-order valence-electron chi connectivity index (χ0n) is 10.3. The van der Waals surface area contributed by atoms with Gasteiger partial charge in [-0.15, -0.1) is 0 Å². The van der Waals surface area contributed by atoms with Crippen LogP contribution in [0.3, 0.4) is 0 Å². The molecular weight excluding hydrogens is 224 g/mol. The first-order valence-corrected chi connectivity index (χ1v) is 6.25. The van der Waals surface area contributed by atoms with E-state index in [1.165, 1.54) is 16.3 Å². The Balaban J connectivity index is 2.31. The average molecular weight is 240 g/mol. The van der Waals surface area contributed by atoms with Crippen molar-refractivity contribution < 1.29 is 10.2 Å². The summed E-state index contributed by atoms with van der Waals surface area (Å²) in [5.74, 6) is 0. The minimum atomic E-state index is -0.833. The molecule has 0 fully saturated rings. The fourth-order valence-electron chi connectivity index (χ4n) is 2.67. The molecular formula is C16H16O2. The molecule has 0 aliphatic heterocycles. The van der Waals surface area contributed by atoms with Crippen LogP contribution in [0, 0.1) is 0 Å². The normalized spacial score (nSPS) is 16.8. The van der Waals surface area contributed by atoms with Gasteiger partial charge in [0.2, 0.25) is 0 Å². The van der Waals surface area contributed by atoms with Crippen LogP contribution in [0.2, 0.25) is 0 Å². The molecule has 0 radical (unpaired) electrons. The van der Waals surface area contributed by atoms with Crippen molar-refractivity contribution in [3.63, 3.8) is 0 Å². The van der Waals surface area contributed by atoms with Crippen molar-refractivity contribution in [2.24, 2.45) is 0 Å². The first-order chi connectivity index (χ1) is 8.68. The number of benzene rings is 2. The second-order valence-electron chi connectivity index (χ2n) is 4.88. The maximum absolute atomic E-state index is 10.1. The lowest BCUT2D eigenvalue weighted by molar-refractivity contribution is 0.0305. The molecule has 2 atom stereocenters. The number of hydrogen-bond acceptors (Lipinski definition) is 2. The van der Waals surface area contributed by atoms with Gasteiger partial charge in [-0.2, -0.15) is 0 Å². The molecule has 0 heterocycles. The molecule has 2 aromatic rings. The van der Waals surface area contributed by atoms with E-state index in [9.17, 15) is 10.2 Å². The Morgan fingerprint density at radius 1 is 1.11 bits per heavy atom.